The summed E-state index contributed by atoms with van der Waals surface area (Å²) in [5.41, 5.74) is 6.27. The number of carbonyl (C=O) groups is 1. The fourth-order valence-electron chi connectivity index (χ4n) is 1.57. The summed E-state index contributed by atoms with van der Waals surface area (Å²) >= 11 is 0. The van der Waals surface area contributed by atoms with Gasteiger partial charge >= 0.3 is 0 Å². The molecule has 0 aliphatic heterocycles. The van der Waals surface area contributed by atoms with Crippen LogP contribution in [0.4, 0.5) is 5.82 Å². The second-order valence-electron chi connectivity index (χ2n) is 4.87. The number of primary amides is 1. The zero-order chi connectivity index (χ0) is 13.5. The number of rotatable bonds is 7. The van der Waals surface area contributed by atoms with Crippen molar-refractivity contribution in [1.29, 1.82) is 0 Å². The minimum atomic E-state index is -0.359. The molecule has 0 fully saturated rings. The molecule has 0 radical (unpaired) electrons. The van der Waals surface area contributed by atoms with Crippen molar-refractivity contribution in [3.05, 3.63) is 23.9 Å². The molecule has 0 saturated heterocycles. The average Bonchev–Trinajstić information content (AvgIpc) is 2.28. The summed E-state index contributed by atoms with van der Waals surface area (Å²) in [7, 11) is 1.80. The lowest BCUT2D eigenvalue weighted by Crippen LogP contribution is -2.31. The predicted molar refractivity (Wildman–Crippen MR) is 73.2 cm³/mol. The molecule has 1 aromatic rings. The molecule has 18 heavy (non-hydrogen) atoms. The summed E-state index contributed by atoms with van der Waals surface area (Å²) in [4.78, 5) is 16.8. The number of hydrogen-bond acceptors (Lipinski definition) is 4. The van der Waals surface area contributed by atoms with Crippen molar-refractivity contribution in [3.8, 4) is 0 Å². The van der Waals surface area contributed by atoms with Gasteiger partial charge in [-0.15, -0.1) is 0 Å². The topological polar surface area (TPSA) is 71.2 Å². The summed E-state index contributed by atoms with van der Waals surface area (Å²) in [6.07, 6.45) is 1.82. The van der Waals surface area contributed by atoms with Crippen LogP contribution >= 0.6 is 0 Å². The second kappa shape index (κ2) is 6.96. The Bertz CT molecular complexity index is 375. The number of nitrogens with zero attached hydrogens (tertiary/aromatic N) is 2. The molecular formula is C13H22N4O. The van der Waals surface area contributed by atoms with Gasteiger partial charge in [0.25, 0.3) is 0 Å². The number of amides is 1. The van der Waals surface area contributed by atoms with Gasteiger partial charge in [0.2, 0.25) is 5.91 Å². The summed E-state index contributed by atoms with van der Waals surface area (Å²) < 4.78 is 0. The highest BCUT2D eigenvalue weighted by molar-refractivity contribution is 5.78. The highest BCUT2D eigenvalue weighted by Gasteiger charge is 2.05. The summed E-state index contributed by atoms with van der Waals surface area (Å²) in [5.74, 6) is 1.03. The number of hydrogen-bond donors (Lipinski definition) is 2. The Labute approximate surface area is 108 Å². The molecule has 5 nitrogen and oxygen atoms in total. The Kier molecular flexibility index (Phi) is 5.58. The van der Waals surface area contributed by atoms with Crippen LogP contribution in [0.1, 0.15) is 19.4 Å². The van der Waals surface area contributed by atoms with Crippen LogP contribution in [-0.4, -0.2) is 31.0 Å². The van der Waals surface area contributed by atoms with E-state index in [1.54, 1.807) is 11.9 Å². The van der Waals surface area contributed by atoms with Crippen molar-refractivity contribution in [1.82, 2.24) is 10.3 Å². The predicted octanol–water partition coefficient (Wildman–Crippen LogP) is 0.749. The van der Waals surface area contributed by atoms with E-state index in [9.17, 15) is 4.79 Å². The maximum atomic E-state index is 10.8. The lowest BCUT2D eigenvalue weighted by molar-refractivity contribution is -0.116. The number of anilines is 1. The van der Waals surface area contributed by atoms with E-state index in [1.807, 2.05) is 18.3 Å². The van der Waals surface area contributed by atoms with E-state index in [0.29, 0.717) is 5.92 Å². The molecule has 0 saturated carbocycles. The van der Waals surface area contributed by atoms with Crippen molar-refractivity contribution in [2.75, 3.05) is 25.0 Å². The highest BCUT2D eigenvalue weighted by atomic mass is 16.1. The number of carbonyl (C=O) groups excluding carboxylic acids is 1. The van der Waals surface area contributed by atoms with Gasteiger partial charge in [-0.05, 0) is 24.1 Å². The first-order valence-corrected chi connectivity index (χ1v) is 6.14. The quantitative estimate of drug-likeness (QED) is 0.749. The molecule has 0 bridgehead atoms. The number of nitrogens with one attached hydrogen (secondary N) is 1. The van der Waals surface area contributed by atoms with E-state index in [0.717, 1.165) is 24.5 Å². The van der Waals surface area contributed by atoms with Crippen LogP contribution in [0.5, 0.6) is 0 Å². The molecule has 1 rings (SSSR count). The minimum absolute atomic E-state index is 0.179. The van der Waals surface area contributed by atoms with E-state index >= 15 is 0 Å². The maximum Gasteiger partial charge on any atom is 0.236 e. The number of aromatic nitrogens is 1. The van der Waals surface area contributed by atoms with E-state index in [-0.39, 0.29) is 12.5 Å². The Morgan fingerprint density at radius 2 is 2.22 bits per heavy atom. The molecule has 0 atom stereocenters. The third-order valence-corrected chi connectivity index (χ3v) is 2.47. The van der Waals surface area contributed by atoms with Gasteiger partial charge in [-0.25, -0.2) is 4.98 Å². The van der Waals surface area contributed by atoms with E-state index in [2.05, 4.69) is 24.1 Å². The fourth-order valence-corrected chi connectivity index (χ4v) is 1.57. The van der Waals surface area contributed by atoms with Crippen LogP contribution < -0.4 is 16.0 Å². The SMILES string of the molecule is CC(C)CNCc1ccc(N(C)CC(N)=O)nc1. The largest absolute Gasteiger partial charge is 0.368 e. The van der Waals surface area contributed by atoms with E-state index in [1.165, 1.54) is 0 Å². The van der Waals surface area contributed by atoms with Crippen LogP contribution in [0.2, 0.25) is 0 Å². The van der Waals surface area contributed by atoms with Gasteiger partial charge in [0.05, 0.1) is 6.54 Å². The fraction of sp³-hybridized carbons (Fsp3) is 0.538. The number of likely N-dealkylation sites (N-methyl/N-ethyl adjacent to an activating group) is 1. The molecule has 0 aromatic carbocycles. The zero-order valence-corrected chi connectivity index (χ0v) is 11.3. The van der Waals surface area contributed by atoms with Crippen molar-refractivity contribution in [3.63, 3.8) is 0 Å². The monoisotopic (exact) mass is 250 g/mol. The van der Waals surface area contributed by atoms with E-state index < -0.39 is 0 Å². The molecule has 100 valence electrons. The number of pyridine rings is 1. The van der Waals surface area contributed by atoms with Crippen molar-refractivity contribution in [2.45, 2.75) is 20.4 Å². The average molecular weight is 250 g/mol. The minimum Gasteiger partial charge on any atom is -0.368 e. The molecule has 0 aliphatic rings. The van der Waals surface area contributed by atoms with Gasteiger partial charge in [0.1, 0.15) is 5.82 Å². The van der Waals surface area contributed by atoms with Crippen LogP contribution in [0.15, 0.2) is 18.3 Å². The summed E-state index contributed by atoms with van der Waals surface area (Å²) in [6, 6.07) is 3.91. The number of nitrogens with two attached hydrogens (primary N) is 1. The standard InChI is InChI=1S/C13H22N4O/c1-10(2)6-15-7-11-4-5-13(16-8-11)17(3)9-12(14)18/h4-5,8,10,15H,6-7,9H2,1-3H3,(H2,14,18). The lowest BCUT2D eigenvalue weighted by Gasteiger charge is -2.16. The first-order valence-electron chi connectivity index (χ1n) is 6.14. The molecule has 5 heteroatoms. The van der Waals surface area contributed by atoms with Crippen LogP contribution in [0.25, 0.3) is 0 Å². The first-order chi connectivity index (χ1) is 8.49. The maximum absolute atomic E-state index is 10.8. The van der Waals surface area contributed by atoms with Crippen LogP contribution in [0.3, 0.4) is 0 Å². The smallest absolute Gasteiger partial charge is 0.236 e. The molecular weight excluding hydrogens is 228 g/mol. The Morgan fingerprint density at radius 3 is 2.72 bits per heavy atom. The van der Waals surface area contributed by atoms with Gasteiger partial charge in [0.15, 0.2) is 0 Å². The van der Waals surface area contributed by atoms with Crippen LogP contribution in [-0.2, 0) is 11.3 Å². The molecule has 0 spiro atoms. The molecule has 3 N–H and O–H groups in total. The van der Waals surface area contributed by atoms with Crippen molar-refractivity contribution in [2.24, 2.45) is 11.7 Å². The van der Waals surface area contributed by atoms with Gasteiger partial charge in [-0.1, -0.05) is 19.9 Å². The van der Waals surface area contributed by atoms with Gasteiger partial charge in [0, 0.05) is 19.8 Å². The Hall–Kier alpha value is -1.62. The third-order valence-electron chi connectivity index (χ3n) is 2.47. The normalized spacial score (nSPS) is 10.7. The van der Waals surface area contributed by atoms with Crippen molar-refractivity contribution >= 4 is 11.7 Å². The van der Waals surface area contributed by atoms with Crippen molar-refractivity contribution < 1.29 is 4.79 Å². The highest BCUT2D eigenvalue weighted by Crippen LogP contribution is 2.09. The molecule has 1 amide bonds. The summed E-state index contributed by atoms with van der Waals surface area (Å²) in [6.45, 7) is 6.33. The van der Waals surface area contributed by atoms with Gasteiger partial charge in [-0.3, -0.25) is 4.79 Å². The molecule has 1 heterocycles. The lowest BCUT2D eigenvalue weighted by atomic mass is 10.2. The van der Waals surface area contributed by atoms with Gasteiger partial charge in [-0.2, -0.15) is 0 Å². The third kappa shape index (κ3) is 5.14. The van der Waals surface area contributed by atoms with Crippen LogP contribution in [0, 0.1) is 5.92 Å². The zero-order valence-electron chi connectivity index (χ0n) is 11.3. The van der Waals surface area contributed by atoms with Gasteiger partial charge < -0.3 is 16.0 Å². The van der Waals surface area contributed by atoms with E-state index in [4.69, 9.17) is 5.73 Å². The molecule has 0 aliphatic carbocycles. The molecule has 1 aromatic heterocycles. The first kappa shape index (κ1) is 14.4. The second-order valence-corrected chi connectivity index (χ2v) is 4.87. The Morgan fingerprint density at radius 1 is 1.50 bits per heavy atom. The summed E-state index contributed by atoms with van der Waals surface area (Å²) in [5, 5.41) is 3.35. The molecule has 0 unspecified atom stereocenters. The Balaban J connectivity index is 2.49.